The van der Waals surface area contributed by atoms with Crippen molar-refractivity contribution >= 4 is 11.8 Å². The first-order valence-corrected chi connectivity index (χ1v) is 6.80. The van der Waals surface area contributed by atoms with E-state index in [0.29, 0.717) is 25.3 Å². The van der Waals surface area contributed by atoms with Crippen LogP contribution in [0.15, 0.2) is 12.1 Å². The monoisotopic (exact) mass is 336 g/mol. The van der Waals surface area contributed by atoms with Gasteiger partial charge in [0.1, 0.15) is 17.7 Å². The van der Waals surface area contributed by atoms with Gasteiger partial charge in [-0.15, -0.1) is 0 Å². The van der Waals surface area contributed by atoms with Crippen molar-refractivity contribution in [2.24, 2.45) is 0 Å². The van der Waals surface area contributed by atoms with Crippen LogP contribution in [0, 0.1) is 11.6 Å². The van der Waals surface area contributed by atoms with E-state index in [9.17, 15) is 31.5 Å². The summed E-state index contributed by atoms with van der Waals surface area (Å²) < 4.78 is 64.3. The van der Waals surface area contributed by atoms with Crippen LogP contribution < -0.4 is 10.6 Å². The zero-order valence-electron chi connectivity index (χ0n) is 11.8. The van der Waals surface area contributed by atoms with Crippen LogP contribution in [0.5, 0.6) is 0 Å². The predicted molar refractivity (Wildman–Crippen MR) is 69.0 cm³/mol. The number of alkyl halides is 3. The molecule has 1 heterocycles. The Morgan fingerprint density at radius 3 is 2.57 bits per heavy atom. The molecule has 0 spiro atoms. The highest BCUT2D eigenvalue weighted by Crippen LogP contribution is 2.32. The van der Waals surface area contributed by atoms with Crippen molar-refractivity contribution < 1.29 is 31.5 Å². The van der Waals surface area contributed by atoms with Crippen LogP contribution in [0.4, 0.5) is 22.0 Å². The summed E-state index contributed by atoms with van der Waals surface area (Å²) >= 11 is 0. The molecule has 1 aliphatic rings. The molecule has 2 N–H and O–H groups in total. The Morgan fingerprint density at radius 2 is 1.96 bits per heavy atom. The Balaban J connectivity index is 2.05. The minimum absolute atomic E-state index is 0.0548. The molecule has 0 radical (unpaired) electrons. The zero-order chi connectivity index (χ0) is 17.2. The Kier molecular flexibility index (Phi) is 4.86. The molecule has 1 fully saturated rings. The Hall–Kier alpha value is -2.19. The first kappa shape index (κ1) is 17.2. The smallest absolute Gasteiger partial charge is 0.350 e. The lowest BCUT2D eigenvalue weighted by molar-refractivity contribution is -0.140. The molecule has 0 unspecified atom stereocenters. The second-order valence-electron chi connectivity index (χ2n) is 5.15. The SMILES string of the molecule is O=C1CCC[C@H](C(=O)NCc2cc(F)c(C(F)(F)F)cc2F)N1. The molecule has 1 atom stereocenters. The van der Waals surface area contributed by atoms with Crippen molar-refractivity contribution in [1.29, 1.82) is 0 Å². The van der Waals surface area contributed by atoms with Crippen molar-refractivity contribution in [3.63, 3.8) is 0 Å². The second kappa shape index (κ2) is 6.51. The van der Waals surface area contributed by atoms with Gasteiger partial charge in [0.25, 0.3) is 0 Å². The molecular weight excluding hydrogens is 323 g/mol. The molecule has 0 saturated carbocycles. The van der Waals surface area contributed by atoms with E-state index in [1.165, 1.54) is 0 Å². The Bertz CT molecular complexity index is 630. The van der Waals surface area contributed by atoms with Gasteiger partial charge in [0.05, 0.1) is 5.56 Å². The van der Waals surface area contributed by atoms with Gasteiger partial charge in [-0.1, -0.05) is 0 Å². The third-order valence-electron chi connectivity index (χ3n) is 3.44. The van der Waals surface area contributed by atoms with Gasteiger partial charge < -0.3 is 10.6 Å². The lowest BCUT2D eigenvalue weighted by Gasteiger charge is -2.22. The first-order chi connectivity index (χ1) is 10.7. The van der Waals surface area contributed by atoms with Crippen LogP contribution in [-0.4, -0.2) is 17.9 Å². The number of hydrogen-bond acceptors (Lipinski definition) is 2. The quantitative estimate of drug-likeness (QED) is 0.832. The van der Waals surface area contributed by atoms with E-state index >= 15 is 0 Å². The summed E-state index contributed by atoms with van der Waals surface area (Å²) in [5, 5.41) is 4.71. The number of carbonyl (C=O) groups is 2. The molecular formula is C14H13F5N2O2. The summed E-state index contributed by atoms with van der Waals surface area (Å²) in [5.74, 6) is -3.78. The average molecular weight is 336 g/mol. The highest BCUT2D eigenvalue weighted by Gasteiger charge is 2.35. The lowest BCUT2D eigenvalue weighted by Crippen LogP contribution is -2.48. The van der Waals surface area contributed by atoms with Gasteiger partial charge in [-0.2, -0.15) is 13.2 Å². The van der Waals surface area contributed by atoms with Crippen LogP contribution in [-0.2, 0) is 22.3 Å². The fraction of sp³-hybridized carbons (Fsp3) is 0.429. The van der Waals surface area contributed by atoms with E-state index in [1.807, 2.05) is 0 Å². The van der Waals surface area contributed by atoms with Crippen LogP contribution in [0.1, 0.15) is 30.4 Å². The second-order valence-corrected chi connectivity index (χ2v) is 5.15. The minimum Gasteiger partial charge on any atom is -0.350 e. The molecule has 1 aliphatic heterocycles. The largest absolute Gasteiger partial charge is 0.419 e. The summed E-state index contributed by atoms with van der Waals surface area (Å²) in [6.45, 7) is -0.480. The summed E-state index contributed by atoms with van der Waals surface area (Å²) in [5.41, 5.74) is -2.12. The molecule has 9 heteroatoms. The molecule has 0 aromatic heterocycles. The average Bonchev–Trinajstić information content (AvgIpc) is 2.46. The molecule has 4 nitrogen and oxygen atoms in total. The standard InChI is InChI=1S/C14H13F5N2O2/c15-9-5-8(14(17,18)19)10(16)4-7(9)6-20-13(23)11-2-1-3-12(22)21-11/h4-5,11H,1-3,6H2,(H,20,23)(H,21,22)/t11-/m1/s1. The van der Waals surface area contributed by atoms with Crippen molar-refractivity contribution in [1.82, 2.24) is 10.6 Å². The molecule has 2 amide bonds. The van der Waals surface area contributed by atoms with Gasteiger partial charge in [0, 0.05) is 18.5 Å². The van der Waals surface area contributed by atoms with E-state index in [2.05, 4.69) is 10.6 Å². The van der Waals surface area contributed by atoms with Gasteiger partial charge in [-0.05, 0) is 25.0 Å². The van der Waals surface area contributed by atoms with Crippen molar-refractivity contribution in [2.75, 3.05) is 0 Å². The highest BCUT2D eigenvalue weighted by atomic mass is 19.4. The summed E-state index contributed by atoms with van der Waals surface area (Å²) in [6.07, 6.45) is -3.77. The van der Waals surface area contributed by atoms with E-state index in [-0.39, 0.29) is 12.0 Å². The molecule has 126 valence electrons. The van der Waals surface area contributed by atoms with Gasteiger partial charge in [0.15, 0.2) is 0 Å². The van der Waals surface area contributed by atoms with Crippen LogP contribution in [0.25, 0.3) is 0 Å². The van der Waals surface area contributed by atoms with Gasteiger partial charge in [-0.25, -0.2) is 8.78 Å². The molecule has 1 aromatic carbocycles. The number of rotatable bonds is 3. The highest BCUT2D eigenvalue weighted by molar-refractivity contribution is 5.88. The summed E-state index contributed by atoms with van der Waals surface area (Å²) in [6, 6.07) is -0.324. The topological polar surface area (TPSA) is 58.2 Å². The van der Waals surface area contributed by atoms with Crippen molar-refractivity contribution in [3.8, 4) is 0 Å². The molecule has 0 aliphatic carbocycles. The number of halogens is 5. The van der Waals surface area contributed by atoms with Crippen LogP contribution in [0.3, 0.4) is 0 Å². The number of amides is 2. The number of benzene rings is 1. The minimum atomic E-state index is -5.00. The van der Waals surface area contributed by atoms with E-state index in [1.54, 1.807) is 0 Å². The van der Waals surface area contributed by atoms with Crippen LogP contribution in [0.2, 0.25) is 0 Å². The lowest BCUT2D eigenvalue weighted by atomic mass is 10.0. The molecule has 1 aromatic rings. The normalized spacial score (nSPS) is 18.5. The molecule has 2 rings (SSSR count). The summed E-state index contributed by atoms with van der Waals surface area (Å²) in [7, 11) is 0. The fourth-order valence-corrected chi connectivity index (χ4v) is 2.25. The first-order valence-electron chi connectivity index (χ1n) is 6.80. The maximum atomic E-state index is 13.6. The Labute approximate surface area is 128 Å². The molecule has 1 saturated heterocycles. The number of piperidine rings is 1. The molecule has 23 heavy (non-hydrogen) atoms. The van der Waals surface area contributed by atoms with E-state index in [0.717, 1.165) is 0 Å². The zero-order valence-corrected chi connectivity index (χ0v) is 11.8. The van der Waals surface area contributed by atoms with Crippen molar-refractivity contribution in [3.05, 3.63) is 34.9 Å². The van der Waals surface area contributed by atoms with E-state index in [4.69, 9.17) is 0 Å². The van der Waals surface area contributed by atoms with E-state index < -0.39 is 47.4 Å². The predicted octanol–water partition coefficient (Wildman–Crippen LogP) is 2.27. The third-order valence-corrected chi connectivity index (χ3v) is 3.44. The number of nitrogens with one attached hydrogen (secondary N) is 2. The maximum absolute atomic E-state index is 13.6. The Morgan fingerprint density at radius 1 is 1.26 bits per heavy atom. The fourth-order valence-electron chi connectivity index (χ4n) is 2.25. The van der Waals surface area contributed by atoms with Gasteiger partial charge in [0.2, 0.25) is 11.8 Å². The summed E-state index contributed by atoms with van der Waals surface area (Å²) in [4.78, 5) is 23.0. The van der Waals surface area contributed by atoms with Crippen molar-refractivity contribution in [2.45, 2.75) is 38.0 Å². The number of carbonyl (C=O) groups excluding carboxylic acids is 2. The maximum Gasteiger partial charge on any atom is 0.419 e. The molecule has 0 bridgehead atoms. The van der Waals surface area contributed by atoms with Gasteiger partial charge >= 0.3 is 6.18 Å². The third kappa shape index (κ3) is 4.17. The number of hydrogen-bond donors (Lipinski definition) is 2. The van der Waals surface area contributed by atoms with Gasteiger partial charge in [-0.3, -0.25) is 9.59 Å². The van der Waals surface area contributed by atoms with Crippen LogP contribution >= 0.6 is 0 Å².